The Morgan fingerprint density at radius 2 is 1.84 bits per heavy atom. The minimum absolute atomic E-state index is 0.537. The SMILES string of the molecule is COc1cc(OC)cc(N2CCC(CN=C(N)N3CCSCC3)C2)c1. The Bertz CT molecular complexity index is 582. The van der Waals surface area contributed by atoms with E-state index in [4.69, 9.17) is 15.2 Å². The first-order valence-electron chi connectivity index (χ1n) is 8.80. The second-order valence-electron chi connectivity index (χ2n) is 6.47. The number of nitrogens with zero attached hydrogens (tertiary/aromatic N) is 3. The molecule has 0 saturated carbocycles. The van der Waals surface area contributed by atoms with Crippen molar-refractivity contribution >= 4 is 23.4 Å². The zero-order valence-corrected chi connectivity index (χ0v) is 15.9. The molecule has 3 rings (SSSR count). The molecule has 2 fully saturated rings. The van der Waals surface area contributed by atoms with Gasteiger partial charge in [-0.3, -0.25) is 4.99 Å². The summed E-state index contributed by atoms with van der Waals surface area (Å²) in [6, 6.07) is 6.03. The van der Waals surface area contributed by atoms with Gasteiger partial charge in [-0.15, -0.1) is 0 Å². The highest BCUT2D eigenvalue weighted by molar-refractivity contribution is 7.99. The van der Waals surface area contributed by atoms with Crippen molar-refractivity contribution in [1.82, 2.24) is 4.90 Å². The van der Waals surface area contributed by atoms with Crippen molar-refractivity contribution in [2.45, 2.75) is 6.42 Å². The van der Waals surface area contributed by atoms with E-state index in [9.17, 15) is 0 Å². The summed E-state index contributed by atoms with van der Waals surface area (Å²) in [5.41, 5.74) is 7.31. The van der Waals surface area contributed by atoms with Crippen molar-refractivity contribution in [2.75, 3.05) is 63.3 Å². The minimum Gasteiger partial charge on any atom is -0.497 e. The summed E-state index contributed by atoms with van der Waals surface area (Å²) in [7, 11) is 3.36. The van der Waals surface area contributed by atoms with Crippen molar-refractivity contribution in [2.24, 2.45) is 16.6 Å². The molecule has 2 heterocycles. The lowest BCUT2D eigenvalue weighted by atomic mass is 10.1. The summed E-state index contributed by atoms with van der Waals surface area (Å²) < 4.78 is 10.8. The van der Waals surface area contributed by atoms with E-state index in [2.05, 4.69) is 26.9 Å². The molecular weight excluding hydrogens is 336 g/mol. The monoisotopic (exact) mass is 364 g/mol. The molecule has 6 nitrogen and oxygen atoms in total. The van der Waals surface area contributed by atoms with Crippen molar-refractivity contribution in [3.05, 3.63) is 18.2 Å². The number of ether oxygens (including phenoxy) is 2. The van der Waals surface area contributed by atoms with Crippen LogP contribution in [0.25, 0.3) is 0 Å². The average molecular weight is 365 g/mol. The number of benzene rings is 1. The van der Waals surface area contributed by atoms with Crippen LogP contribution in [-0.4, -0.2) is 69.3 Å². The van der Waals surface area contributed by atoms with Gasteiger partial charge in [-0.1, -0.05) is 0 Å². The van der Waals surface area contributed by atoms with Crippen LogP contribution < -0.4 is 20.1 Å². The molecule has 2 saturated heterocycles. The van der Waals surface area contributed by atoms with Gasteiger partial charge < -0.3 is 25.0 Å². The molecule has 1 aromatic carbocycles. The van der Waals surface area contributed by atoms with Gasteiger partial charge in [-0.2, -0.15) is 11.8 Å². The Morgan fingerprint density at radius 3 is 2.48 bits per heavy atom. The zero-order chi connectivity index (χ0) is 17.6. The van der Waals surface area contributed by atoms with Crippen molar-refractivity contribution in [3.63, 3.8) is 0 Å². The second kappa shape index (κ2) is 8.56. The topological polar surface area (TPSA) is 63.3 Å². The lowest BCUT2D eigenvalue weighted by Crippen LogP contribution is -2.43. The number of thioether (sulfide) groups is 1. The van der Waals surface area contributed by atoms with E-state index in [1.807, 2.05) is 17.8 Å². The lowest BCUT2D eigenvalue weighted by molar-refractivity contribution is 0.394. The largest absolute Gasteiger partial charge is 0.497 e. The summed E-state index contributed by atoms with van der Waals surface area (Å²) in [5, 5.41) is 0. The van der Waals surface area contributed by atoms with E-state index < -0.39 is 0 Å². The molecule has 0 aromatic heterocycles. The molecule has 1 unspecified atom stereocenters. The molecule has 1 atom stereocenters. The summed E-state index contributed by atoms with van der Waals surface area (Å²) in [5.74, 6) is 5.18. The van der Waals surface area contributed by atoms with Crippen LogP contribution in [0.3, 0.4) is 0 Å². The van der Waals surface area contributed by atoms with E-state index in [1.54, 1.807) is 14.2 Å². The maximum absolute atomic E-state index is 6.17. The number of aliphatic imine (C=N–C) groups is 1. The summed E-state index contributed by atoms with van der Waals surface area (Å²) in [4.78, 5) is 9.24. The minimum atomic E-state index is 0.537. The molecule has 138 valence electrons. The maximum Gasteiger partial charge on any atom is 0.191 e. The Hall–Kier alpha value is -1.76. The Morgan fingerprint density at radius 1 is 1.16 bits per heavy atom. The van der Waals surface area contributed by atoms with Gasteiger partial charge in [-0.25, -0.2) is 0 Å². The fourth-order valence-electron chi connectivity index (χ4n) is 3.31. The third-order valence-corrected chi connectivity index (χ3v) is 5.78. The van der Waals surface area contributed by atoms with Gasteiger partial charge in [0, 0.05) is 68.1 Å². The molecule has 0 bridgehead atoms. The molecule has 25 heavy (non-hydrogen) atoms. The first kappa shape index (κ1) is 18.0. The summed E-state index contributed by atoms with van der Waals surface area (Å²) in [6.07, 6.45) is 1.13. The van der Waals surface area contributed by atoms with Gasteiger partial charge in [0.05, 0.1) is 14.2 Å². The maximum atomic E-state index is 6.17. The van der Waals surface area contributed by atoms with Crippen molar-refractivity contribution in [1.29, 1.82) is 0 Å². The molecule has 2 aliphatic heterocycles. The highest BCUT2D eigenvalue weighted by Crippen LogP contribution is 2.31. The first-order chi connectivity index (χ1) is 12.2. The van der Waals surface area contributed by atoms with E-state index in [0.717, 1.165) is 67.8 Å². The molecule has 0 aliphatic carbocycles. The van der Waals surface area contributed by atoms with Crippen LogP contribution in [-0.2, 0) is 0 Å². The van der Waals surface area contributed by atoms with E-state index in [0.29, 0.717) is 11.9 Å². The third-order valence-electron chi connectivity index (χ3n) is 4.83. The molecule has 1 aromatic rings. The summed E-state index contributed by atoms with van der Waals surface area (Å²) >= 11 is 1.98. The van der Waals surface area contributed by atoms with E-state index in [-0.39, 0.29) is 0 Å². The van der Waals surface area contributed by atoms with Gasteiger partial charge >= 0.3 is 0 Å². The lowest BCUT2D eigenvalue weighted by Gasteiger charge is -2.27. The number of anilines is 1. The molecule has 2 N–H and O–H groups in total. The molecule has 0 spiro atoms. The van der Waals surface area contributed by atoms with Gasteiger partial charge in [0.25, 0.3) is 0 Å². The van der Waals surface area contributed by atoms with E-state index in [1.165, 1.54) is 0 Å². The number of hydrogen-bond donors (Lipinski definition) is 1. The van der Waals surface area contributed by atoms with Crippen LogP contribution in [0.15, 0.2) is 23.2 Å². The van der Waals surface area contributed by atoms with Gasteiger partial charge in [0.1, 0.15) is 11.5 Å². The number of rotatable bonds is 5. The van der Waals surface area contributed by atoms with Crippen LogP contribution in [0.5, 0.6) is 11.5 Å². The number of guanidine groups is 1. The third kappa shape index (κ3) is 4.66. The fourth-order valence-corrected chi connectivity index (χ4v) is 4.21. The Labute approximate surface area is 154 Å². The zero-order valence-electron chi connectivity index (χ0n) is 15.1. The Balaban J connectivity index is 1.58. The van der Waals surface area contributed by atoms with Crippen LogP contribution in [0.1, 0.15) is 6.42 Å². The fraction of sp³-hybridized carbons (Fsp3) is 0.611. The first-order valence-corrected chi connectivity index (χ1v) is 9.95. The van der Waals surface area contributed by atoms with E-state index >= 15 is 0 Å². The Kier molecular flexibility index (Phi) is 6.18. The van der Waals surface area contributed by atoms with Gasteiger partial charge in [-0.05, 0) is 12.3 Å². The predicted octanol–water partition coefficient (Wildman–Crippen LogP) is 1.89. The second-order valence-corrected chi connectivity index (χ2v) is 7.69. The van der Waals surface area contributed by atoms with Crippen molar-refractivity contribution in [3.8, 4) is 11.5 Å². The van der Waals surface area contributed by atoms with Crippen LogP contribution in [0, 0.1) is 5.92 Å². The van der Waals surface area contributed by atoms with Gasteiger partial charge in [0.2, 0.25) is 0 Å². The standard InChI is InChI=1S/C18H28N4O2S/c1-23-16-9-15(10-17(11-16)24-2)22-4-3-14(13-22)12-20-18(19)21-5-7-25-8-6-21/h9-11,14H,3-8,12-13H2,1-2H3,(H2,19,20). The predicted molar refractivity (Wildman–Crippen MR) is 105 cm³/mol. The average Bonchev–Trinajstić information content (AvgIpc) is 3.15. The molecule has 2 aliphatic rings. The normalized spacial score (nSPS) is 21.5. The number of hydrogen-bond acceptors (Lipinski definition) is 5. The highest BCUT2D eigenvalue weighted by Gasteiger charge is 2.24. The van der Waals surface area contributed by atoms with Gasteiger partial charge in [0.15, 0.2) is 5.96 Å². The number of methoxy groups -OCH3 is 2. The molecular formula is C18H28N4O2S. The molecule has 0 radical (unpaired) electrons. The highest BCUT2D eigenvalue weighted by atomic mass is 32.2. The molecule has 7 heteroatoms. The smallest absolute Gasteiger partial charge is 0.191 e. The molecule has 0 amide bonds. The van der Waals surface area contributed by atoms with Crippen LogP contribution >= 0.6 is 11.8 Å². The van der Waals surface area contributed by atoms with Crippen LogP contribution in [0.4, 0.5) is 5.69 Å². The van der Waals surface area contributed by atoms with Crippen molar-refractivity contribution < 1.29 is 9.47 Å². The number of nitrogens with two attached hydrogens (primary N) is 1. The van der Waals surface area contributed by atoms with Crippen LogP contribution in [0.2, 0.25) is 0 Å². The summed E-state index contributed by atoms with van der Waals surface area (Å²) in [6.45, 7) is 4.84. The quantitative estimate of drug-likeness (QED) is 0.636.